The van der Waals surface area contributed by atoms with Crippen LogP contribution in [0.4, 0.5) is 0 Å². The molecule has 23 heavy (non-hydrogen) atoms. The second kappa shape index (κ2) is 7.81. The third-order valence-electron chi connectivity index (χ3n) is 3.71. The molecule has 1 saturated heterocycles. The molecule has 1 aliphatic heterocycles. The molecule has 1 aliphatic rings. The second-order valence-electron chi connectivity index (χ2n) is 5.37. The van der Waals surface area contributed by atoms with Gasteiger partial charge in [0.15, 0.2) is 6.23 Å². The SMILES string of the molecule is NCCCNCc1cn([C@@H]2O[C@H](CO)[C@@H](O)[C@H]2O)c(=O)[nH]c1=O. The highest BCUT2D eigenvalue weighted by molar-refractivity contribution is 5.06. The zero-order valence-electron chi connectivity index (χ0n) is 12.5. The van der Waals surface area contributed by atoms with Gasteiger partial charge in [-0.3, -0.25) is 14.3 Å². The fraction of sp³-hybridized carbons (Fsp3) is 0.692. The van der Waals surface area contributed by atoms with Crippen LogP contribution in [0.15, 0.2) is 15.8 Å². The third kappa shape index (κ3) is 3.86. The number of H-pyrrole nitrogens is 1. The first-order valence-corrected chi connectivity index (χ1v) is 7.37. The summed E-state index contributed by atoms with van der Waals surface area (Å²) in [5.74, 6) is 0. The van der Waals surface area contributed by atoms with Crippen LogP contribution in [0.5, 0.6) is 0 Å². The normalized spacial score (nSPS) is 27.5. The number of hydrogen-bond acceptors (Lipinski definition) is 8. The van der Waals surface area contributed by atoms with E-state index in [2.05, 4.69) is 10.3 Å². The highest BCUT2D eigenvalue weighted by atomic mass is 16.6. The Kier molecular flexibility index (Phi) is 6.04. The van der Waals surface area contributed by atoms with Gasteiger partial charge in [0.1, 0.15) is 18.3 Å². The van der Waals surface area contributed by atoms with E-state index in [1.165, 1.54) is 6.20 Å². The summed E-state index contributed by atoms with van der Waals surface area (Å²) in [4.78, 5) is 25.9. The van der Waals surface area contributed by atoms with E-state index in [0.29, 0.717) is 13.1 Å². The fourth-order valence-electron chi connectivity index (χ4n) is 2.40. The number of nitrogens with two attached hydrogens (primary N) is 1. The quantitative estimate of drug-likeness (QED) is 0.282. The van der Waals surface area contributed by atoms with Crippen LogP contribution in [0.25, 0.3) is 0 Å². The van der Waals surface area contributed by atoms with Gasteiger partial charge in [-0.1, -0.05) is 0 Å². The van der Waals surface area contributed by atoms with E-state index in [1.54, 1.807) is 0 Å². The second-order valence-corrected chi connectivity index (χ2v) is 5.37. The van der Waals surface area contributed by atoms with Crippen molar-refractivity contribution in [2.45, 2.75) is 37.5 Å². The summed E-state index contributed by atoms with van der Waals surface area (Å²) < 4.78 is 6.30. The van der Waals surface area contributed by atoms with Gasteiger partial charge in [0.25, 0.3) is 5.56 Å². The van der Waals surface area contributed by atoms with Crippen molar-refractivity contribution in [3.05, 3.63) is 32.6 Å². The average molecular weight is 330 g/mol. The van der Waals surface area contributed by atoms with Crippen LogP contribution in [0.2, 0.25) is 0 Å². The Morgan fingerprint density at radius 3 is 2.70 bits per heavy atom. The van der Waals surface area contributed by atoms with E-state index in [0.717, 1.165) is 11.0 Å². The lowest BCUT2D eigenvalue weighted by Gasteiger charge is -2.18. The molecule has 0 amide bonds. The van der Waals surface area contributed by atoms with Gasteiger partial charge in [0.05, 0.1) is 6.61 Å². The molecule has 10 heteroatoms. The van der Waals surface area contributed by atoms with E-state index >= 15 is 0 Å². The minimum Gasteiger partial charge on any atom is -0.394 e. The molecule has 2 rings (SSSR count). The van der Waals surface area contributed by atoms with Crippen LogP contribution in [-0.4, -0.2) is 62.9 Å². The van der Waals surface area contributed by atoms with Crippen molar-refractivity contribution in [2.75, 3.05) is 19.7 Å². The predicted octanol–water partition coefficient (Wildman–Crippen LogP) is -3.41. The number of aliphatic hydroxyl groups excluding tert-OH is 3. The van der Waals surface area contributed by atoms with E-state index in [4.69, 9.17) is 15.6 Å². The summed E-state index contributed by atoms with van der Waals surface area (Å²) in [5.41, 5.74) is 4.34. The largest absolute Gasteiger partial charge is 0.394 e. The van der Waals surface area contributed by atoms with Crippen molar-refractivity contribution in [1.82, 2.24) is 14.9 Å². The van der Waals surface area contributed by atoms with Crippen molar-refractivity contribution < 1.29 is 20.1 Å². The van der Waals surface area contributed by atoms with E-state index in [-0.39, 0.29) is 12.1 Å². The maximum absolute atomic E-state index is 11.9. The number of aromatic nitrogens is 2. The van der Waals surface area contributed by atoms with Gasteiger partial charge in [-0.15, -0.1) is 0 Å². The van der Waals surface area contributed by atoms with Gasteiger partial charge >= 0.3 is 5.69 Å². The molecule has 0 aliphatic carbocycles. The summed E-state index contributed by atoms with van der Waals surface area (Å²) >= 11 is 0. The smallest absolute Gasteiger partial charge is 0.330 e. The van der Waals surface area contributed by atoms with Crippen LogP contribution < -0.4 is 22.3 Å². The maximum atomic E-state index is 11.9. The summed E-state index contributed by atoms with van der Waals surface area (Å²) in [7, 11) is 0. The van der Waals surface area contributed by atoms with E-state index in [9.17, 15) is 19.8 Å². The Balaban J connectivity index is 2.22. The Bertz CT molecular complexity index is 630. The van der Waals surface area contributed by atoms with Gasteiger partial charge in [-0.05, 0) is 19.5 Å². The summed E-state index contributed by atoms with van der Waals surface area (Å²) in [5, 5.41) is 31.8. The molecular formula is C13H22N4O6. The van der Waals surface area contributed by atoms with Crippen molar-refractivity contribution in [1.29, 1.82) is 0 Å². The molecular weight excluding hydrogens is 308 g/mol. The van der Waals surface area contributed by atoms with Gasteiger partial charge in [0.2, 0.25) is 0 Å². The van der Waals surface area contributed by atoms with E-state index < -0.39 is 42.4 Å². The molecule has 1 fully saturated rings. The van der Waals surface area contributed by atoms with Crippen LogP contribution in [0.3, 0.4) is 0 Å². The number of aliphatic hydroxyl groups is 3. The highest BCUT2D eigenvalue weighted by Gasteiger charge is 2.43. The first-order valence-electron chi connectivity index (χ1n) is 7.37. The van der Waals surface area contributed by atoms with Gasteiger partial charge < -0.3 is 31.1 Å². The van der Waals surface area contributed by atoms with Crippen molar-refractivity contribution in [3.8, 4) is 0 Å². The number of nitrogens with zero attached hydrogens (tertiary/aromatic N) is 1. The summed E-state index contributed by atoms with van der Waals surface area (Å²) in [6.07, 6.45) is -2.89. The number of nitrogens with one attached hydrogen (secondary N) is 2. The topological polar surface area (TPSA) is 163 Å². The number of aromatic amines is 1. The minimum atomic E-state index is -1.39. The van der Waals surface area contributed by atoms with Gasteiger partial charge in [-0.25, -0.2) is 4.79 Å². The van der Waals surface area contributed by atoms with Crippen molar-refractivity contribution >= 4 is 0 Å². The third-order valence-corrected chi connectivity index (χ3v) is 3.71. The van der Waals surface area contributed by atoms with Crippen molar-refractivity contribution in [2.24, 2.45) is 5.73 Å². The molecule has 10 nitrogen and oxygen atoms in total. The average Bonchev–Trinajstić information content (AvgIpc) is 2.81. The van der Waals surface area contributed by atoms with Crippen LogP contribution in [0.1, 0.15) is 18.2 Å². The summed E-state index contributed by atoms with van der Waals surface area (Å²) in [6, 6.07) is 0. The number of ether oxygens (including phenoxy) is 1. The predicted molar refractivity (Wildman–Crippen MR) is 79.7 cm³/mol. The lowest BCUT2D eigenvalue weighted by molar-refractivity contribution is -0.0551. The van der Waals surface area contributed by atoms with Crippen molar-refractivity contribution in [3.63, 3.8) is 0 Å². The maximum Gasteiger partial charge on any atom is 0.330 e. The Morgan fingerprint density at radius 2 is 2.09 bits per heavy atom. The zero-order chi connectivity index (χ0) is 17.0. The molecule has 0 spiro atoms. The summed E-state index contributed by atoms with van der Waals surface area (Å²) in [6.45, 7) is 0.846. The zero-order valence-corrected chi connectivity index (χ0v) is 12.5. The molecule has 2 heterocycles. The molecule has 0 aromatic carbocycles. The monoisotopic (exact) mass is 330 g/mol. The molecule has 7 N–H and O–H groups in total. The lowest BCUT2D eigenvalue weighted by atomic mass is 10.1. The molecule has 1 aromatic rings. The Morgan fingerprint density at radius 1 is 1.35 bits per heavy atom. The van der Waals surface area contributed by atoms with Crippen LogP contribution in [-0.2, 0) is 11.3 Å². The Hall–Kier alpha value is -1.56. The lowest BCUT2D eigenvalue weighted by Crippen LogP contribution is -2.39. The van der Waals surface area contributed by atoms with E-state index in [1.807, 2.05) is 0 Å². The molecule has 1 aromatic heterocycles. The fourth-order valence-corrected chi connectivity index (χ4v) is 2.40. The first-order chi connectivity index (χ1) is 11.0. The highest BCUT2D eigenvalue weighted by Crippen LogP contribution is 2.27. The molecule has 0 bridgehead atoms. The molecule has 130 valence electrons. The number of hydrogen-bond donors (Lipinski definition) is 6. The number of rotatable bonds is 7. The molecule has 4 atom stereocenters. The molecule has 0 saturated carbocycles. The molecule has 0 unspecified atom stereocenters. The Labute approximate surface area is 131 Å². The standard InChI is InChI=1S/C13H22N4O6/c14-2-1-3-15-4-7-5-17(13(22)16-11(7)21)12-10(20)9(19)8(6-18)23-12/h5,8-10,12,15,18-20H,1-4,6,14H2,(H,16,21,22)/t8-,9-,10-,12-/m1/s1. The van der Waals surface area contributed by atoms with Gasteiger partial charge in [0, 0.05) is 18.3 Å². The minimum absolute atomic E-state index is 0.213. The van der Waals surface area contributed by atoms with Crippen LogP contribution in [0, 0.1) is 0 Å². The molecule has 0 radical (unpaired) electrons. The van der Waals surface area contributed by atoms with Crippen LogP contribution >= 0.6 is 0 Å². The van der Waals surface area contributed by atoms with Gasteiger partial charge in [-0.2, -0.15) is 0 Å². The first kappa shape index (κ1) is 17.8.